The third-order valence-electron chi connectivity index (χ3n) is 2.19. The summed E-state index contributed by atoms with van der Waals surface area (Å²) in [5.74, 6) is 0.776. The molecule has 1 N–H and O–H groups in total. The molecule has 1 aromatic rings. The molecule has 0 aliphatic heterocycles. The first-order valence-corrected chi connectivity index (χ1v) is 6.19. The van der Waals surface area contributed by atoms with Gasteiger partial charge in [0.15, 0.2) is 0 Å². The van der Waals surface area contributed by atoms with Crippen LogP contribution in [0.2, 0.25) is 0 Å². The van der Waals surface area contributed by atoms with Gasteiger partial charge in [-0.3, -0.25) is 4.98 Å². The Morgan fingerprint density at radius 1 is 1.35 bits per heavy atom. The van der Waals surface area contributed by atoms with Gasteiger partial charge in [0.1, 0.15) is 11.9 Å². The van der Waals surface area contributed by atoms with E-state index in [1.54, 1.807) is 12.4 Å². The van der Waals surface area contributed by atoms with Crippen molar-refractivity contribution in [1.29, 1.82) is 0 Å². The molecule has 0 aliphatic carbocycles. The van der Waals surface area contributed by atoms with Crippen molar-refractivity contribution in [2.75, 3.05) is 25.1 Å². The summed E-state index contributed by atoms with van der Waals surface area (Å²) in [6.07, 6.45) is 4.65. The second-order valence-electron chi connectivity index (χ2n) is 3.92. The van der Waals surface area contributed by atoms with E-state index in [1.165, 1.54) is 0 Å². The summed E-state index contributed by atoms with van der Waals surface area (Å²) in [5, 5.41) is 3.28. The van der Waals surface area contributed by atoms with E-state index in [4.69, 9.17) is 9.47 Å². The highest BCUT2D eigenvalue weighted by atomic mass is 16.5. The molecule has 1 aromatic heterocycles. The summed E-state index contributed by atoms with van der Waals surface area (Å²) in [6.45, 7) is 8.35. The van der Waals surface area contributed by atoms with Gasteiger partial charge in [-0.2, -0.15) is 0 Å². The molecule has 1 atom stereocenters. The van der Waals surface area contributed by atoms with Crippen molar-refractivity contribution in [3.8, 4) is 5.75 Å². The van der Waals surface area contributed by atoms with Gasteiger partial charge in [0.2, 0.25) is 0 Å². The highest BCUT2D eigenvalue weighted by molar-refractivity contribution is 5.45. The smallest absolute Gasteiger partial charge is 0.140 e. The van der Waals surface area contributed by atoms with E-state index in [0.717, 1.165) is 24.4 Å². The van der Waals surface area contributed by atoms with Gasteiger partial charge < -0.3 is 14.8 Å². The van der Waals surface area contributed by atoms with Crippen LogP contribution in [0.4, 0.5) is 5.69 Å². The first-order valence-electron chi connectivity index (χ1n) is 6.19. The zero-order valence-corrected chi connectivity index (χ0v) is 10.9. The monoisotopic (exact) mass is 238 g/mol. The summed E-state index contributed by atoms with van der Waals surface area (Å²) in [4.78, 5) is 4.14. The number of pyridine rings is 1. The average molecular weight is 238 g/mol. The predicted octanol–water partition coefficient (Wildman–Crippen LogP) is 2.71. The zero-order valence-electron chi connectivity index (χ0n) is 10.9. The van der Waals surface area contributed by atoms with Gasteiger partial charge in [0, 0.05) is 19.2 Å². The number of ether oxygens (including phenoxy) is 2. The molecule has 0 saturated carbocycles. The first-order chi connectivity index (χ1) is 8.26. The fourth-order valence-corrected chi connectivity index (χ4v) is 1.40. The van der Waals surface area contributed by atoms with Crippen LogP contribution in [-0.4, -0.2) is 30.8 Å². The molecule has 1 unspecified atom stereocenters. The molecule has 17 heavy (non-hydrogen) atoms. The number of anilines is 1. The van der Waals surface area contributed by atoms with Crippen LogP contribution >= 0.6 is 0 Å². The molecule has 1 rings (SSSR count). The maximum Gasteiger partial charge on any atom is 0.140 e. The third kappa shape index (κ3) is 5.54. The fourth-order valence-electron chi connectivity index (χ4n) is 1.40. The minimum Gasteiger partial charge on any atom is -0.487 e. The van der Waals surface area contributed by atoms with Crippen LogP contribution in [0.15, 0.2) is 18.5 Å². The maximum absolute atomic E-state index is 5.71. The molecule has 0 aliphatic rings. The SMILES string of the molecule is CCCNc1cncc(OC(C)COCC)c1. The predicted molar refractivity (Wildman–Crippen MR) is 69.6 cm³/mol. The summed E-state index contributed by atoms with van der Waals surface area (Å²) < 4.78 is 11.0. The molecule has 0 amide bonds. The van der Waals surface area contributed by atoms with Crippen molar-refractivity contribution in [2.24, 2.45) is 0 Å². The molecule has 0 radical (unpaired) electrons. The number of hydrogen-bond acceptors (Lipinski definition) is 4. The Morgan fingerprint density at radius 3 is 2.88 bits per heavy atom. The van der Waals surface area contributed by atoms with Crippen LogP contribution in [-0.2, 0) is 4.74 Å². The summed E-state index contributed by atoms with van der Waals surface area (Å²) >= 11 is 0. The second kappa shape index (κ2) is 7.90. The topological polar surface area (TPSA) is 43.4 Å². The lowest BCUT2D eigenvalue weighted by Crippen LogP contribution is -2.19. The van der Waals surface area contributed by atoms with E-state index in [9.17, 15) is 0 Å². The quantitative estimate of drug-likeness (QED) is 0.756. The Hall–Kier alpha value is -1.29. The largest absolute Gasteiger partial charge is 0.487 e. The van der Waals surface area contributed by atoms with Crippen molar-refractivity contribution in [1.82, 2.24) is 4.98 Å². The number of nitrogens with zero attached hydrogens (tertiary/aromatic N) is 1. The molecule has 0 fully saturated rings. The molecule has 1 heterocycles. The Morgan fingerprint density at radius 2 is 2.18 bits per heavy atom. The van der Waals surface area contributed by atoms with Gasteiger partial charge >= 0.3 is 0 Å². The van der Waals surface area contributed by atoms with Crippen LogP contribution in [0.5, 0.6) is 5.75 Å². The standard InChI is InChI=1S/C13H22N2O2/c1-4-6-15-12-7-13(9-14-8-12)17-11(3)10-16-5-2/h7-9,11,15H,4-6,10H2,1-3H3. The van der Waals surface area contributed by atoms with Crippen molar-refractivity contribution in [3.05, 3.63) is 18.5 Å². The van der Waals surface area contributed by atoms with Crippen LogP contribution in [0.1, 0.15) is 27.2 Å². The Balaban J connectivity index is 2.47. The highest BCUT2D eigenvalue weighted by Crippen LogP contribution is 2.16. The Labute approximate surface area is 103 Å². The van der Waals surface area contributed by atoms with Crippen molar-refractivity contribution in [3.63, 3.8) is 0 Å². The average Bonchev–Trinajstić information content (AvgIpc) is 2.34. The lowest BCUT2D eigenvalue weighted by Gasteiger charge is -2.15. The molecule has 0 aromatic carbocycles. The van der Waals surface area contributed by atoms with Crippen LogP contribution in [0.25, 0.3) is 0 Å². The third-order valence-corrected chi connectivity index (χ3v) is 2.19. The maximum atomic E-state index is 5.71. The van der Waals surface area contributed by atoms with E-state index < -0.39 is 0 Å². The molecule has 4 heteroatoms. The van der Waals surface area contributed by atoms with Gasteiger partial charge in [-0.15, -0.1) is 0 Å². The van der Waals surface area contributed by atoms with E-state index in [2.05, 4.69) is 17.2 Å². The van der Waals surface area contributed by atoms with Crippen LogP contribution in [0.3, 0.4) is 0 Å². The number of nitrogens with one attached hydrogen (secondary N) is 1. The normalized spacial score (nSPS) is 12.2. The van der Waals surface area contributed by atoms with Crippen LogP contribution in [0, 0.1) is 0 Å². The van der Waals surface area contributed by atoms with E-state index in [-0.39, 0.29) is 6.10 Å². The number of aromatic nitrogens is 1. The summed E-state index contributed by atoms with van der Waals surface area (Å²) in [7, 11) is 0. The molecular weight excluding hydrogens is 216 g/mol. The van der Waals surface area contributed by atoms with Gasteiger partial charge in [-0.25, -0.2) is 0 Å². The number of hydrogen-bond donors (Lipinski definition) is 1. The minimum absolute atomic E-state index is 0.0400. The van der Waals surface area contributed by atoms with E-state index in [0.29, 0.717) is 13.2 Å². The lowest BCUT2D eigenvalue weighted by atomic mass is 10.3. The van der Waals surface area contributed by atoms with Gasteiger partial charge in [0.25, 0.3) is 0 Å². The highest BCUT2D eigenvalue weighted by Gasteiger charge is 2.04. The van der Waals surface area contributed by atoms with E-state index in [1.807, 2.05) is 19.9 Å². The van der Waals surface area contributed by atoms with Crippen LogP contribution < -0.4 is 10.1 Å². The van der Waals surface area contributed by atoms with E-state index >= 15 is 0 Å². The van der Waals surface area contributed by atoms with Gasteiger partial charge in [-0.05, 0) is 20.3 Å². The molecule has 0 bridgehead atoms. The molecule has 4 nitrogen and oxygen atoms in total. The zero-order chi connectivity index (χ0) is 12.5. The molecule has 0 saturated heterocycles. The minimum atomic E-state index is 0.0400. The Bertz CT molecular complexity index is 318. The first kappa shape index (κ1) is 13.8. The van der Waals surface area contributed by atoms with Crippen molar-refractivity contribution in [2.45, 2.75) is 33.3 Å². The van der Waals surface area contributed by atoms with Crippen molar-refractivity contribution < 1.29 is 9.47 Å². The van der Waals surface area contributed by atoms with Gasteiger partial charge in [0.05, 0.1) is 24.7 Å². The summed E-state index contributed by atoms with van der Waals surface area (Å²) in [6, 6.07) is 1.96. The lowest BCUT2D eigenvalue weighted by molar-refractivity contribution is 0.0655. The molecular formula is C13H22N2O2. The van der Waals surface area contributed by atoms with Gasteiger partial charge in [-0.1, -0.05) is 6.92 Å². The van der Waals surface area contributed by atoms with Crippen molar-refractivity contribution >= 4 is 5.69 Å². The molecule has 0 spiro atoms. The number of rotatable bonds is 8. The molecule has 96 valence electrons. The Kier molecular flexibility index (Phi) is 6.40. The summed E-state index contributed by atoms with van der Waals surface area (Å²) in [5.41, 5.74) is 0.993. The fraction of sp³-hybridized carbons (Fsp3) is 0.615. The second-order valence-corrected chi connectivity index (χ2v) is 3.92.